The fourth-order valence-corrected chi connectivity index (χ4v) is 5.56. The maximum atomic E-state index is 12.7. The second kappa shape index (κ2) is 10.7. The van der Waals surface area contributed by atoms with E-state index in [1.165, 1.54) is 16.4 Å². The molecular weight excluding hydrogens is 475 g/mol. The van der Waals surface area contributed by atoms with Crippen LogP contribution < -0.4 is 5.32 Å². The summed E-state index contributed by atoms with van der Waals surface area (Å²) in [6, 6.07) is 11.4. The fourth-order valence-electron chi connectivity index (χ4n) is 3.54. The molecule has 0 aromatic heterocycles. The van der Waals surface area contributed by atoms with Crippen LogP contribution in [0.1, 0.15) is 35.7 Å². The zero-order chi connectivity index (χ0) is 23.3. The van der Waals surface area contributed by atoms with Gasteiger partial charge in [-0.05, 0) is 55.7 Å². The number of nitrogens with zero attached hydrogens (tertiary/aromatic N) is 1. The first-order valence-electron chi connectivity index (χ1n) is 10.2. The van der Waals surface area contributed by atoms with E-state index in [9.17, 15) is 18.0 Å². The highest BCUT2D eigenvalue weighted by Crippen LogP contribution is 2.26. The van der Waals surface area contributed by atoms with Gasteiger partial charge in [0.2, 0.25) is 15.9 Å². The van der Waals surface area contributed by atoms with Crippen LogP contribution in [0.15, 0.2) is 42.5 Å². The second-order valence-electron chi connectivity index (χ2n) is 7.46. The molecule has 1 saturated heterocycles. The number of carbonyl (C=O) groups is 2. The molecule has 1 fully saturated rings. The first-order chi connectivity index (χ1) is 15.2. The summed E-state index contributed by atoms with van der Waals surface area (Å²) < 4.78 is 31.8. The minimum atomic E-state index is -3.50. The fraction of sp³-hybridized carbons (Fsp3) is 0.364. The third-order valence-electron chi connectivity index (χ3n) is 5.19. The number of hydrogen-bond acceptors (Lipinski definition) is 5. The molecule has 0 atom stereocenters. The predicted octanol–water partition coefficient (Wildman–Crippen LogP) is 4.35. The number of anilines is 1. The molecule has 0 bridgehead atoms. The molecule has 0 spiro atoms. The minimum absolute atomic E-state index is 0.129. The lowest BCUT2D eigenvalue weighted by Gasteiger charge is -2.30. The van der Waals surface area contributed by atoms with Crippen molar-refractivity contribution in [3.05, 3.63) is 63.6 Å². The smallest absolute Gasteiger partial charge is 0.339 e. The lowest BCUT2D eigenvalue weighted by Crippen LogP contribution is -2.41. The van der Waals surface area contributed by atoms with Crippen molar-refractivity contribution in [1.82, 2.24) is 4.31 Å². The molecule has 1 N–H and O–H groups in total. The van der Waals surface area contributed by atoms with Crippen LogP contribution in [0.25, 0.3) is 0 Å². The molecule has 172 valence electrons. The minimum Gasteiger partial charge on any atom is -0.462 e. The molecule has 10 heteroatoms. The maximum absolute atomic E-state index is 12.7. The quantitative estimate of drug-likeness (QED) is 0.572. The van der Waals surface area contributed by atoms with E-state index in [0.717, 1.165) is 0 Å². The summed E-state index contributed by atoms with van der Waals surface area (Å²) in [5.74, 6) is -1.19. The first kappa shape index (κ1) is 24.5. The van der Waals surface area contributed by atoms with Crippen molar-refractivity contribution in [2.75, 3.05) is 25.0 Å². The Hall–Kier alpha value is -2.13. The highest BCUT2D eigenvalue weighted by Gasteiger charge is 2.31. The molecule has 2 aromatic rings. The zero-order valence-corrected chi connectivity index (χ0v) is 19.8. The molecule has 1 amide bonds. The van der Waals surface area contributed by atoms with Gasteiger partial charge in [-0.1, -0.05) is 35.3 Å². The van der Waals surface area contributed by atoms with Crippen molar-refractivity contribution in [2.24, 2.45) is 5.92 Å². The van der Waals surface area contributed by atoms with E-state index in [0.29, 0.717) is 29.1 Å². The van der Waals surface area contributed by atoms with Crippen molar-refractivity contribution in [2.45, 2.75) is 25.5 Å². The average molecular weight is 499 g/mol. The predicted molar refractivity (Wildman–Crippen MR) is 124 cm³/mol. The molecule has 3 rings (SSSR count). The molecule has 1 aliphatic heterocycles. The molecule has 0 saturated carbocycles. The molecular formula is C22H24Cl2N2O5S. The Bertz CT molecular complexity index is 1100. The van der Waals surface area contributed by atoms with E-state index < -0.39 is 16.0 Å². The van der Waals surface area contributed by atoms with Gasteiger partial charge in [-0.25, -0.2) is 17.5 Å². The molecule has 1 aliphatic rings. The maximum Gasteiger partial charge on any atom is 0.339 e. The summed E-state index contributed by atoms with van der Waals surface area (Å²) in [5.41, 5.74) is 1.31. The number of amides is 1. The van der Waals surface area contributed by atoms with E-state index in [4.69, 9.17) is 27.9 Å². The Morgan fingerprint density at radius 2 is 1.84 bits per heavy atom. The number of benzene rings is 2. The zero-order valence-electron chi connectivity index (χ0n) is 17.5. The number of carbonyl (C=O) groups excluding carboxylic acids is 2. The molecule has 0 radical (unpaired) electrons. The van der Waals surface area contributed by atoms with Gasteiger partial charge in [-0.3, -0.25) is 4.79 Å². The van der Waals surface area contributed by atoms with Crippen molar-refractivity contribution < 1.29 is 22.7 Å². The summed E-state index contributed by atoms with van der Waals surface area (Å²) in [6.07, 6.45) is 0.824. The van der Waals surface area contributed by atoms with Crippen LogP contribution in [0.4, 0.5) is 5.69 Å². The summed E-state index contributed by atoms with van der Waals surface area (Å²) >= 11 is 12.1. The highest BCUT2D eigenvalue weighted by molar-refractivity contribution is 7.88. The van der Waals surface area contributed by atoms with E-state index in [1.54, 1.807) is 37.3 Å². The molecule has 7 nitrogen and oxygen atoms in total. The van der Waals surface area contributed by atoms with E-state index in [2.05, 4.69) is 5.32 Å². The van der Waals surface area contributed by atoms with Crippen molar-refractivity contribution in [1.29, 1.82) is 0 Å². The number of halogens is 2. The lowest BCUT2D eigenvalue weighted by atomic mass is 9.97. The molecule has 2 aromatic carbocycles. The van der Waals surface area contributed by atoms with Gasteiger partial charge in [0.1, 0.15) is 0 Å². The van der Waals surface area contributed by atoms with Crippen LogP contribution in [0.2, 0.25) is 10.0 Å². The third kappa shape index (κ3) is 6.22. The number of nitrogens with one attached hydrogen (secondary N) is 1. The molecule has 0 unspecified atom stereocenters. The van der Waals surface area contributed by atoms with Crippen LogP contribution in [0, 0.1) is 5.92 Å². The Labute approximate surface area is 197 Å². The summed E-state index contributed by atoms with van der Waals surface area (Å²) in [5, 5.41) is 3.46. The highest BCUT2D eigenvalue weighted by atomic mass is 35.5. The lowest BCUT2D eigenvalue weighted by molar-refractivity contribution is -0.120. The van der Waals surface area contributed by atoms with Gasteiger partial charge in [-0.15, -0.1) is 0 Å². The van der Waals surface area contributed by atoms with Crippen LogP contribution >= 0.6 is 23.2 Å². The second-order valence-corrected chi connectivity index (χ2v) is 10.3. The monoisotopic (exact) mass is 498 g/mol. The summed E-state index contributed by atoms with van der Waals surface area (Å²) in [7, 11) is -3.50. The standard InChI is InChI=1S/C22H24Cl2N2O5S/c1-2-31-22(28)19-7-6-18(13-20(19)24)25-21(27)16-8-10-26(11-9-16)32(29,30)14-15-4-3-5-17(23)12-15/h3-7,12-13,16H,2,8-11,14H2,1H3,(H,25,27). The van der Waals surface area contributed by atoms with Gasteiger partial charge >= 0.3 is 5.97 Å². The van der Waals surface area contributed by atoms with Gasteiger partial charge in [0.15, 0.2) is 0 Å². The Morgan fingerprint density at radius 3 is 2.47 bits per heavy atom. The number of rotatable bonds is 7. The van der Waals surface area contributed by atoms with Crippen LogP contribution in [-0.4, -0.2) is 44.3 Å². The molecule has 32 heavy (non-hydrogen) atoms. The number of hydrogen-bond donors (Lipinski definition) is 1. The van der Waals surface area contributed by atoms with Crippen LogP contribution in [0.5, 0.6) is 0 Å². The average Bonchev–Trinajstić information content (AvgIpc) is 2.73. The van der Waals surface area contributed by atoms with Gasteiger partial charge in [0.25, 0.3) is 0 Å². The SMILES string of the molecule is CCOC(=O)c1ccc(NC(=O)C2CCN(S(=O)(=O)Cc3cccc(Cl)c3)CC2)cc1Cl. The Balaban J connectivity index is 1.56. The number of sulfonamides is 1. The van der Waals surface area contributed by atoms with Crippen molar-refractivity contribution >= 4 is 50.8 Å². The van der Waals surface area contributed by atoms with E-state index in [1.807, 2.05) is 0 Å². The topological polar surface area (TPSA) is 92.8 Å². The Morgan fingerprint density at radius 1 is 1.12 bits per heavy atom. The summed E-state index contributed by atoms with van der Waals surface area (Å²) in [6.45, 7) is 2.47. The van der Waals surface area contributed by atoms with Gasteiger partial charge in [0, 0.05) is 29.7 Å². The number of piperidine rings is 1. The molecule has 0 aliphatic carbocycles. The van der Waals surface area contributed by atoms with E-state index >= 15 is 0 Å². The number of esters is 1. The van der Waals surface area contributed by atoms with Gasteiger partial charge < -0.3 is 10.1 Å². The van der Waals surface area contributed by atoms with Crippen molar-refractivity contribution in [3.8, 4) is 0 Å². The normalized spacial score (nSPS) is 15.3. The van der Waals surface area contributed by atoms with Gasteiger partial charge in [-0.2, -0.15) is 0 Å². The largest absolute Gasteiger partial charge is 0.462 e. The summed E-state index contributed by atoms with van der Waals surface area (Å²) in [4.78, 5) is 24.5. The van der Waals surface area contributed by atoms with Gasteiger partial charge in [0.05, 0.1) is 22.9 Å². The molecule has 1 heterocycles. The van der Waals surface area contributed by atoms with Crippen LogP contribution in [-0.2, 0) is 25.3 Å². The third-order valence-corrected chi connectivity index (χ3v) is 7.59. The van der Waals surface area contributed by atoms with Crippen LogP contribution in [0.3, 0.4) is 0 Å². The van der Waals surface area contributed by atoms with E-state index in [-0.39, 0.29) is 47.9 Å². The number of ether oxygens (including phenoxy) is 1. The van der Waals surface area contributed by atoms with Crippen molar-refractivity contribution in [3.63, 3.8) is 0 Å². The Kier molecular flexibility index (Phi) is 8.16. The first-order valence-corrected chi connectivity index (χ1v) is 12.6.